The summed E-state index contributed by atoms with van der Waals surface area (Å²) in [7, 11) is 0. The Morgan fingerprint density at radius 1 is 0.893 bits per heavy atom. The molecule has 2 N–H and O–H groups in total. The molecule has 0 bridgehead atoms. The zero-order valence-corrected chi connectivity index (χ0v) is 17.1. The van der Waals surface area contributed by atoms with E-state index >= 15 is 0 Å². The molecular formula is C26H34O2. The van der Waals surface area contributed by atoms with Gasteiger partial charge in [-0.05, 0) is 99.0 Å². The van der Waals surface area contributed by atoms with Crippen molar-refractivity contribution in [3.05, 3.63) is 35.9 Å². The zero-order valence-electron chi connectivity index (χ0n) is 17.1. The van der Waals surface area contributed by atoms with Crippen LogP contribution in [0.25, 0.3) is 0 Å². The highest BCUT2D eigenvalue weighted by Crippen LogP contribution is 2.64. The van der Waals surface area contributed by atoms with E-state index in [4.69, 9.17) is 0 Å². The van der Waals surface area contributed by atoms with Gasteiger partial charge in [-0.25, -0.2) is 0 Å². The molecule has 2 heteroatoms. The number of hydrogen-bond donors (Lipinski definition) is 2. The first-order valence-electron chi connectivity index (χ1n) is 11.5. The van der Waals surface area contributed by atoms with E-state index in [1.165, 1.54) is 25.7 Å². The van der Waals surface area contributed by atoms with Crippen LogP contribution in [-0.4, -0.2) is 21.9 Å². The molecule has 0 aliphatic heterocycles. The Kier molecular flexibility index (Phi) is 4.61. The van der Waals surface area contributed by atoms with E-state index in [1.807, 2.05) is 30.3 Å². The van der Waals surface area contributed by atoms with Gasteiger partial charge in [0.25, 0.3) is 0 Å². The van der Waals surface area contributed by atoms with Gasteiger partial charge in [0.1, 0.15) is 5.60 Å². The second-order valence-electron chi connectivity index (χ2n) is 10.4. The van der Waals surface area contributed by atoms with Crippen molar-refractivity contribution in [2.45, 2.75) is 76.4 Å². The summed E-state index contributed by atoms with van der Waals surface area (Å²) in [6.45, 7) is 2.52. The van der Waals surface area contributed by atoms with Crippen LogP contribution >= 0.6 is 0 Å². The SMILES string of the molecule is C[C@]12CC[C@H](O)C[C@@H]1CC[C@H]1[C@H]3CC[C@@](O)(C#Cc4ccccc4)[C@@H]3CC[C@@H]12. The molecule has 0 spiro atoms. The molecule has 2 nitrogen and oxygen atoms in total. The summed E-state index contributed by atoms with van der Waals surface area (Å²) in [5.41, 5.74) is 0.608. The topological polar surface area (TPSA) is 40.5 Å². The van der Waals surface area contributed by atoms with E-state index < -0.39 is 5.60 Å². The van der Waals surface area contributed by atoms with Crippen molar-refractivity contribution in [1.82, 2.24) is 0 Å². The van der Waals surface area contributed by atoms with Gasteiger partial charge in [0.05, 0.1) is 6.10 Å². The third-order valence-corrected chi connectivity index (χ3v) is 9.24. The van der Waals surface area contributed by atoms with Crippen LogP contribution in [0.3, 0.4) is 0 Å². The molecule has 4 aliphatic carbocycles. The van der Waals surface area contributed by atoms with Gasteiger partial charge in [-0.3, -0.25) is 0 Å². The van der Waals surface area contributed by atoms with Gasteiger partial charge < -0.3 is 10.2 Å². The van der Waals surface area contributed by atoms with Gasteiger partial charge in [-0.1, -0.05) is 37.0 Å². The fraction of sp³-hybridized carbons (Fsp3) is 0.692. The summed E-state index contributed by atoms with van der Waals surface area (Å²) in [5, 5.41) is 21.6. The second-order valence-corrected chi connectivity index (χ2v) is 10.4. The molecule has 1 aromatic carbocycles. The third-order valence-electron chi connectivity index (χ3n) is 9.24. The van der Waals surface area contributed by atoms with E-state index in [1.54, 1.807) is 0 Å². The lowest BCUT2D eigenvalue weighted by Gasteiger charge is -2.59. The van der Waals surface area contributed by atoms with Gasteiger partial charge in [-0.15, -0.1) is 0 Å². The average molecular weight is 379 g/mol. The molecule has 0 amide bonds. The molecule has 28 heavy (non-hydrogen) atoms. The molecule has 0 radical (unpaired) electrons. The standard InChI is InChI=1S/C26H34O2/c1-25-14-12-20(27)17-19(25)7-8-21-22-13-16-26(28,24(22)10-9-23(21)25)15-11-18-5-3-2-4-6-18/h2-6,19-24,27-28H,7-10,12-14,16-17H2,1H3/t19-,20-,21-,22+,23-,24+,25-,26-/m0/s1. The normalized spacial score (nSPS) is 47.2. The Balaban J connectivity index is 1.37. The minimum absolute atomic E-state index is 0.0733. The van der Waals surface area contributed by atoms with E-state index in [0.717, 1.165) is 49.5 Å². The van der Waals surface area contributed by atoms with Gasteiger partial charge >= 0.3 is 0 Å². The van der Waals surface area contributed by atoms with Gasteiger partial charge in [-0.2, -0.15) is 0 Å². The van der Waals surface area contributed by atoms with Crippen LogP contribution in [0.15, 0.2) is 30.3 Å². The maximum Gasteiger partial charge on any atom is 0.128 e. The minimum Gasteiger partial charge on any atom is -0.393 e. The molecule has 4 fully saturated rings. The summed E-state index contributed by atoms with van der Waals surface area (Å²) < 4.78 is 0. The molecule has 4 saturated carbocycles. The molecule has 5 rings (SSSR count). The van der Waals surface area contributed by atoms with Gasteiger partial charge in [0, 0.05) is 11.5 Å². The number of aliphatic hydroxyl groups excluding tert-OH is 1. The molecule has 0 heterocycles. The Morgan fingerprint density at radius 3 is 2.46 bits per heavy atom. The first kappa shape index (κ1) is 18.7. The maximum atomic E-state index is 11.5. The summed E-state index contributed by atoms with van der Waals surface area (Å²) in [6, 6.07) is 10.1. The number of aliphatic hydroxyl groups is 2. The highest BCUT2D eigenvalue weighted by molar-refractivity contribution is 5.37. The molecule has 0 aromatic heterocycles. The summed E-state index contributed by atoms with van der Waals surface area (Å²) in [6.07, 6.45) is 10.0. The minimum atomic E-state index is -0.800. The van der Waals surface area contributed by atoms with Crippen molar-refractivity contribution in [3.8, 4) is 11.8 Å². The van der Waals surface area contributed by atoms with Crippen LogP contribution in [0.4, 0.5) is 0 Å². The fourth-order valence-electron chi connectivity index (χ4n) is 7.78. The first-order chi connectivity index (χ1) is 13.5. The lowest BCUT2D eigenvalue weighted by Crippen LogP contribution is -2.53. The van der Waals surface area contributed by atoms with Crippen LogP contribution in [0.5, 0.6) is 0 Å². The summed E-state index contributed by atoms with van der Waals surface area (Å²) >= 11 is 0. The fourth-order valence-corrected chi connectivity index (χ4v) is 7.78. The van der Waals surface area contributed by atoms with Crippen molar-refractivity contribution >= 4 is 0 Å². The lowest BCUT2D eigenvalue weighted by atomic mass is 9.47. The van der Waals surface area contributed by atoms with Crippen molar-refractivity contribution in [2.75, 3.05) is 0 Å². The number of fused-ring (bicyclic) bond motifs is 5. The monoisotopic (exact) mass is 378 g/mol. The first-order valence-corrected chi connectivity index (χ1v) is 11.5. The van der Waals surface area contributed by atoms with Crippen LogP contribution in [0, 0.1) is 46.8 Å². The van der Waals surface area contributed by atoms with Crippen LogP contribution in [0.1, 0.15) is 70.3 Å². The van der Waals surface area contributed by atoms with Gasteiger partial charge in [0.15, 0.2) is 0 Å². The van der Waals surface area contributed by atoms with E-state index in [9.17, 15) is 10.2 Å². The molecule has 4 aliphatic rings. The van der Waals surface area contributed by atoms with Gasteiger partial charge in [0.2, 0.25) is 0 Å². The van der Waals surface area contributed by atoms with E-state index in [-0.39, 0.29) is 6.10 Å². The van der Waals surface area contributed by atoms with Crippen molar-refractivity contribution in [3.63, 3.8) is 0 Å². The Bertz CT molecular complexity index is 777. The number of benzene rings is 1. The highest BCUT2D eigenvalue weighted by Gasteiger charge is 2.59. The smallest absolute Gasteiger partial charge is 0.128 e. The quantitative estimate of drug-likeness (QED) is 0.638. The zero-order chi connectivity index (χ0) is 19.4. The Morgan fingerprint density at radius 2 is 1.64 bits per heavy atom. The van der Waals surface area contributed by atoms with Crippen molar-refractivity contribution < 1.29 is 10.2 Å². The predicted octanol–water partition coefficient (Wildman–Crippen LogP) is 4.78. The average Bonchev–Trinajstić information content (AvgIpc) is 3.05. The summed E-state index contributed by atoms with van der Waals surface area (Å²) in [4.78, 5) is 0. The maximum absolute atomic E-state index is 11.5. The molecule has 0 saturated heterocycles. The lowest BCUT2D eigenvalue weighted by molar-refractivity contribution is -0.116. The molecule has 0 unspecified atom stereocenters. The Labute approximate surface area is 169 Å². The number of rotatable bonds is 0. The summed E-state index contributed by atoms with van der Waals surface area (Å²) in [5.74, 6) is 9.79. The third kappa shape index (κ3) is 2.94. The predicted molar refractivity (Wildman–Crippen MR) is 111 cm³/mol. The van der Waals surface area contributed by atoms with E-state index in [0.29, 0.717) is 23.2 Å². The molecule has 8 atom stereocenters. The highest BCUT2D eigenvalue weighted by atomic mass is 16.3. The molecule has 1 aromatic rings. The number of hydrogen-bond acceptors (Lipinski definition) is 2. The largest absolute Gasteiger partial charge is 0.393 e. The van der Waals surface area contributed by atoms with E-state index in [2.05, 4.69) is 18.8 Å². The van der Waals surface area contributed by atoms with Crippen LogP contribution in [0.2, 0.25) is 0 Å². The van der Waals surface area contributed by atoms with Crippen LogP contribution < -0.4 is 0 Å². The van der Waals surface area contributed by atoms with Crippen molar-refractivity contribution in [2.24, 2.45) is 35.0 Å². The van der Waals surface area contributed by atoms with Crippen molar-refractivity contribution in [1.29, 1.82) is 0 Å². The second kappa shape index (κ2) is 6.89. The molecular weight excluding hydrogens is 344 g/mol. The molecule has 150 valence electrons. The Hall–Kier alpha value is -1.30. The van der Waals surface area contributed by atoms with Crippen LogP contribution in [-0.2, 0) is 0 Å².